The Balaban J connectivity index is 1.68. The molecule has 4 rings (SSSR count). The highest BCUT2D eigenvalue weighted by Gasteiger charge is 2.36. The van der Waals surface area contributed by atoms with Crippen LogP contribution in [0.2, 0.25) is 0 Å². The number of methoxy groups -OCH3 is 3. The maximum Gasteiger partial charge on any atom is 0.373 e. The number of hydrogen-bond acceptors (Lipinski definition) is 8. The first kappa shape index (κ1) is 21.5. The maximum atomic E-state index is 13.0. The van der Waals surface area contributed by atoms with Crippen molar-refractivity contribution in [1.29, 1.82) is 0 Å². The van der Waals surface area contributed by atoms with Gasteiger partial charge in [0.05, 0.1) is 32.8 Å². The van der Waals surface area contributed by atoms with Crippen LogP contribution in [-0.2, 0) is 16.1 Å². The molecule has 0 spiro atoms. The second-order valence-corrected chi connectivity index (χ2v) is 7.79. The van der Waals surface area contributed by atoms with Crippen LogP contribution in [0.3, 0.4) is 0 Å². The molecular formula is C23H19NO7S. The zero-order valence-electron chi connectivity index (χ0n) is 17.5. The molecule has 9 heteroatoms. The first-order chi connectivity index (χ1) is 15.4. The van der Waals surface area contributed by atoms with Gasteiger partial charge in [0.2, 0.25) is 5.76 Å². The molecule has 0 radical (unpaired) electrons. The number of carbonyl (C=O) groups is 3. The van der Waals surface area contributed by atoms with Crippen LogP contribution >= 0.6 is 11.8 Å². The fourth-order valence-corrected chi connectivity index (χ4v) is 4.17. The molecule has 164 valence electrons. The van der Waals surface area contributed by atoms with Crippen molar-refractivity contribution in [2.24, 2.45) is 0 Å². The van der Waals surface area contributed by atoms with Gasteiger partial charge in [0.15, 0.2) is 0 Å². The summed E-state index contributed by atoms with van der Waals surface area (Å²) < 4.78 is 20.8. The van der Waals surface area contributed by atoms with E-state index in [1.165, 1.54) is 19.2 Å². The molecule has 1 fully saturated rings. The maximum absolute atomic E-state index is 13.0. The van der Waals surface area contributed by atoms with Crippen molar-refractivity contribution in [2.75, 3.05) is 21.3 Å². The Kier molecular flexibility index (Phi) is 5.91. The van der Waals surface area contributed by atoms with E-state index in [1.807, 2.05) is 30.3 Å². The quantitative estimate of drug-likeness (QED) is 0.398. The Morgan fingerprint density at radius 1 is 1.06 bits per heavy atom. The second-order valence-electron chi connectivity index (χ2n) is 6.79. The van der Waals surface area contributed by atoms with Crippen molar-refractivity contribution in [3.63, 3.8) is 0 Å². The number of ether oxygens (including phenoxy) is 3. The van der Waals surface area contributed by atoms with Crippen molar-refractivity contribution < 1.29 is 33.0 Å². The van der Waals surface area contributed by atoms with Crippen LogP contribution in [0, 0.1) is 0 Å². The Morgan fingerprint density at radius 3 is 2.56 bits per heavy atom. The van der Waals surface area contributed by atoms with Gasteiger partial charge >= 0.3 is 5.97 Å². The molecule has 0 bridgehead atoms. The predicted octanol–water partition coefficient (Wildman–Crippen LogP) is 4.47. The van der Waals surface area contributed by atoms with Crippen molar-refractivity contribution >= 4 is 45.7 Å². The molecule has 8 nitrogen and oxygen atoms in total. The molecule has 3 aromatic rings. The minimum atomic E-state index is -0.635. The highest BCUT2D eigenvalue weighted by Crippen LogP contribution is 2.38. The number of amides is 2. The van der Waals surface area contributed by atoms with Crippen LogP contribution in [0.25, 0.3) is 16.8 Å². The lowest BCUT2D eigenvalue weighted by Crippen LogP contribution is -2.27. The predicted molar refractivity (Wildman–Crippen MR) is 119 cm³/mol. The molecule has 0 aliphatic carbocycles. The van der Waals surface area contributed by atoms with Crippen molar-refractivity contribution in [3.05, 3.63) is 64.5 Å². The van der Waals surface area contributed by atoms with Gasteiger partial charge in [0, 0.05) is 5.56 Å². The fourth-order valence-electron chi connectivity index (χ4n) is 3.35. The molecule has 2 amide bonds. The van der Waals surface area contributed by atoms with Crippen LogP contribution < -0.4 is 9.47 Å². The number of imide groups is 1. The molecule has 0 unspecified atom stereocenters. The third kappa shape index (κ3) is 3.94. The molecule has 1 aromatic heterocycles. The first-order valence-corrected chi connectivity index (χ1v) is 10.3. The fraction of sp³-hybridized carbons (Fsp3) is 0.174. The minimum absolute atomic E-state index is 0.000507. The van der Waals surface area contributed by atoms with Crippen molar-refractivity contribution in [2.45, 2.75) is 6.54 Å². The van der Waals surface area contributed by atoms with Gasteiger partial charge in [-0.2, -0.15) is 0 Å². The number of thioether (sulfide) groups is 1. The third-order valence-corrected chi connectivity index (χ3v) is 5.87. The second kappa shape index (κ2) is 8.80. The van der Waals surface area contributed by atoms with E-state index in [4.69, 9.17) is 13.9 Å². The molecule has 1 aliphatic rings. The van der Waals surface area contributed by atoms with E-state index in [-0.39, 0.29) is 17.2 Å². The minimum Gasteiger partial charge on any atom is -0.497 e. The van der Waals surface area contributed by atoms with Crippen LogP contribution in [0.5, 0.6) is 11.5 Å². The molecule has 2 aromatic carbocycles. The third-order valence-electron chi connectivity index (χ3n) is 4.96. The monoisotopic (exact) mass is 453 g/mol. The Bertz CT molecular complexity index is 1260. The van der Waals surface area contributed by atoms with Crippen LogP contribution in [0.15, 0.2) is 51.8 Å². The summed E-state index contributed by atoms with van der Waals surface area (Å²) in [6, 6.07) is 12.3. The molecule has 2 heterocycles. The summed E-state index contributed by atoms with van der Waals surface area (Å²) in [4.78, 5) is 38.4. The zero-order valence-corrected chi connectivity index (χ0v) is 18.4. The van der Waals surface area contributed by atoms with Crippen LogP contribution in [0.1, 0.15) is 21.9 Å². The van der Waals surface area contributed by atoms with Gasteiger partial charge in [0.1, 0.15) is 17.3 Å². The molecule has 0 atom stereocenters. The van der Waals surface area contributed by atoms with Gasteiger partial charge in [-0.3, -0.25) is 14.5 Å². The summed E-state index contributed by atoms with van der Waals surface area (Å²) in [7, 11) is 4.36. The van der Waals surface area contributed by atoms with Crippen molar-refractivity contribution in [1.82, 2.24) is 4.90 Å². The average Bonchev–Trinajstić information content (AvgIpc) is 3.38. The lowest BCUT2D eigenvalue weighted by Gasteiger charge is -2.11. The van der Waals surface area contributed by atoms with Gasteiger partial charge in [-0.15, -0.1) is 0 Å². The Morgan fingerprint density at radius 2 is 1.84 bits per heavy atom. The summed E-state index contributed by atoms with van der Waals surface area (Å²) in [5.74, 6) is 0.418. The molecule has 1 aliphatic heterocycles. The van der Waals surface area contributed by atoms with E-state index in [9.17, 15) is 14.4 Å². The summed E-state index contributed by atoms with van der Waals surface area (Å²) in [5.41, 5.74) is 0.667. The standard InChI is InChI=1S/C23H19NO7S/c1-28-14-6-4-13-5-8-18(29-2)17(16(13)10-14)11-20-21(25)24(23(27)32-20)12-15-7-9-19(31-15)22(26)30-3/h4-11H,12H2,1-3H3. The van der Waals surface area contributed by atoms with E-state index in [1.54, 1.807) is 20.3 Å². The normalized spacial score (nSPS) is 15.0. The first-order valence-electron chi connectivity index (χ1n) is 9.52. The largest absolute Gasteiger partial charge is 0.497 e. The number of fused-ring (bicyclic) bond motifs is 1. The zero-order chi connectivity index (χ0) is 22.8. The van der Waals surface area contributed by atoms with E-state index < -0.39 is 17.1 Å². The van der Waals surface area contributed by atoms with Gasteiger partial charge in [0.25, 0.3) is 11.1 Å². The average molecular weight is 453 g/mol. The highest BCUT2D eigenvalue weighted by atomic mass is 32.2. The number of carbonyl (C=O) groups excluding carboxylic acids is 3. The molecular weight excluding hydrogens is 434 g/mol. The van der Waals surface area contributed by atoms with E-state index in [0.29, 0.717) is 22.8 Å². The number of hydrogen-bond donors (Lipinski definition) is 0. The number of furan rings is 1. The topological polar surface area (TPSA) is 95.3 Å². The number of nitrogens with zero attached hydrogens (tertiary/aromatic N) is 1. The van der Waals surface area contributed by atoms with E-state index in [0.717, 1.165) is 27.4 Å². The lowest BCUT2D eigenvalue weighted by atomic mass is 10.0. The van der Waals surface area contributed by atoms with Crippen LogP contribution in [-0.4, -0.2) is 43.3 Å². The summed E-state index contributed by atoms with van der Waals surface area (Å²) in [5, 5.41) is 1.32. The SMILES string of the molecule is COC(=O)c1ccc(CN2C(=O)SC(=Cc3c(OC)ccc4ccc(OC)cc34)C2=O)o1. The van der Waals surface area contributed by atoms with Gasteiger partial charge in [-0.05, 0) is 58.9 Å². The summed E-state index contributed by atoms with van der Waals surface area (Å²) in [6.45, 7) is -0.0977. The number of rotatable bonds is 6. The molecule has 0 N–H and O–H groups in total. The number of esters is 1. The van der Waals surface area contributed by atoms with Crippen LogP contribution in [0.4, 0.5) is 4.79 Å². The Hall–Kier alpha value is -3.72. The van der Waals surface area contributed by atoms with Gasteiger partial charge in [-0.1, -0.05) is 12.1 Å². The van der Waals surface area contributed by atoms with E-state index >= 15 is 0 Å². The van der Waals surface area contributed by atoms with Gasteiger partial charge < -0.3 is 18.6 Å². The Labute approximate surface area is 187 Å². The number of benzene rings is 2. The van der Waals surface area contributed by atoms with E-state index in [2.05, 4.69) is 4.74 Å². The summed E-state index contributed by atoms with van der Waals surface area (Å²) >= 11 is 0.830. The smallest absolute Gasteiger partial charge is 0.373 e. The lowest BCUT2D eigenvalue weighted by molar-refractivity contribution is -0.123. The van der Waals surface area contributed by atoms with Crippen molar-refractivity contribution in [3.8, 4) is 11.5 Å². The highest BCUT2D eigenvalue weighted by molar-refractivity contribution is 8.18. The summed E-state index contributed by atoms with van der Waals surface area (Å²) in [6.07, 6.45) is 1.65. The molecule has 32 heavy (non-hydrogen) atoms. The van der Waals surface area contributed by atoms with Gasteiger partial charge in [-0.25, -0.2) is 4.79 Å². The molecule has 1 saturated heterocycles. The molecule has 0 saturated carbocycles.